The van der Waals surface area contributed by atoms with Crippen LogP contribution in [0.25, 0.3) is 0 Å². The molecule has 6 nitrogen and oxygen atoms in total. The van der Waals surface area contributed by atoms with Crippen molar-refractivity contribution in [2.75, 3.05) is 20.6 Å². The van der Waals surface area contributed by atoms with Crippen LogP contribution in [0.1, 0.15) is 51.7 Å². The Labute approximate surface area is 152 Å². The van der Waals surface area contributed by atoms with Crippen molar-refractivity contribution < 1.29 is 14.1 Å². The van der Waals surface area contributed by atoms with E-state index in [1.807, 2.05) is 11.0 Å². The van der Waals surface area contributed by atoms with Gasteiger partial charge < -0.3 is 14.3 Å². The van der Waals surface area contributed by atoms with Crippen LogP contribution in [0, 0.1) is 0 Å². The zero-order valence-corrected chi connectivity index (χ0v) is 15.2. The van der Waals surface area contributed by atoms with Crippen LogP contribution in [0.3, 0.4) is 0 Å². The van der Waals surface area contributed by atoms with Crippen molar-refractivity contribution in [3.05, 3.63) is 52.4 Å². The first-order chi connectivity index (χ1) is 12.5. The Morgan fingerprint density at radius 1 is 1.27 bits per heavy atom. The second kappa shape index (κ2) is 6.59. The van der Waals surface area contributed by atoms with Crippen LogP contribution in [0.2, 0.25) is 0 Å². The smallest absolute Gasteiger partial charge is 0.275 e. The minimum Gasteiger partial charge on any atom is -0.360 e. The van der Waals surface area contributed by atoms with Crippen molar-refractivity contribution in [1.82, 2.24) is 15.0 Å². The van der Waals surface area contributed by atoms with E-state index < -0.39 is 0 Å². The van der Waals surface area contributed by atoms with Gasteiger partial charge in [-0.05, 0) is 29.9 Å². The van der Waals surface area contributed by atoms with Gasteiger partial charge in [0.2, 0.25) is 5.91 Å². The summed E-state index contributed by atoms with van der Waals surface area (Å²) >= 11 is 0. The fourth-order valence-corrected chi connectivity index (χ4v) is 4.00. The molecule has 26 heavy (non-hydrogen) atoms. The van der Waals surface area contributed by atoms with Gasteiger partial charge in [-0.2, -0.15) is 0 Å². The Kier molecular flexibility index (Phi) is 4.26. The van der Waals surface area contributed by atoms with Gasteiger partial charge >= 0.3 is 0 Å². The van der Waals surface area contributed by atoms with Crippen LogP contribution in [0.4, 0.5) is 0 Å². The number of carbonyl (C=O) groups is 2. The second-order valence-electron chi connectivity index (χ2n) is 7.34. The van der Waals surface area contributed by atoms with Crippen LogP contribution in [-0.2, 0) is 24.2 Å². The molecule has 136 valence electrons. The molecule has 0 N–H and O–H groups in total. The van der Waals surface area contributed by atoms with Crippen molar-refractivity contribution in [1.29, 1.82) is 0 Å². The first kappa shape index (κ1) is 16.8. The molecular formula is C20H23N3O3. The summed E-state index contributed by atoms with van der Waals surface area (Å²) in [7, 11) is 3.37. The number of aryl methyl sites for hydroxylation is 1. The standard InChI is InChI=1S/C20H23N3O3/c1-22(2)20(25)19-16-12-23(10-9-17(16)26-21-19)18(24)11-14-8-7-13-5-3-4-6-15(13)14/h3-6,14H,7-12H2,1-2H3. The summed E-state index contributed by atoms with van der Waals surface area (Å²) < 4.78 is 5.33. The molecule has 0 spiro atoms. The number of benzene rings is 1. The van der Waals surface area contributed by atoms with Gasteiger partial charge in [0.25, 0.3) is 5.91 Å². The molecule has 1 aromatic carbocycles. The molecule has 0 bridgehead atoms. The average molecular weight is 353 g/mol. The van der Waals surface area contributed by atoms with Gasteiger partial charge in [0.05, 0.1) is 6.54 Å². The van der Waals surface area contributed by atoms with Crippen molar-refractivity contribution in [3.8, 4) is 0 Å². The summed E-state index contributed by atoms with van der Waals surface area (Å²) in [6.07, 6.45) is 3.21. The van der Waals surface area contributed by atoms with Crippen LogP contribution >= 0.6 is 0 Å². The third kappa shape index (κ3) is 2.89. The summed E-state index contributed by atoms with van der Waals surface area (Å²) in [5.41, 5.74) is 3.76. The van der Waals surface area contributed by atoms with Crippen LogP contribution in [0.15, 0.2) is 28.8 Å². The summed E-state index contributed by atoms with van der Waals surface area (Å²) in [6, 6.07) is 8.40. The third-order valence-corrected chi connectivity index (χ3v) is 5.47. The van der Waals surface area contributed by atoms with Crippen LogP contribution in [-0.4, -0.2) is 47.4 Å². The van der Waals surface area contributed by atoms with Crippen molar-refractivity contribution >= 4 is 11.8 Å². The molecule has 0 radical (unpaired) electrons. The molecule has 1 unspecified atom stereocenters. The van der Waals surface area contributed by atoms with E-state index in [9.17, 15) is 9.59 Å². The van der Waals surface area contributed by atoms with Crippen molar-refractivity contribution in [3.63, 3.8) is 0 Å². The predicted molar refractivity (Wildman–Crippen MR) is 95.8 cm³/mol. The quantitative estimate of drug-likeness (QED) is 0.850. The second-order valence-corrected chi connectivity index (χ2v) is 7.34. The number of amides is 2. The van der Waals surface area contributed by atoms with Crippen molar-refractivity contribution in [2.45, 2.75) is 38.1 Å². The molecule has 0 fully saturated rings. The molecule has 4 rings (SSSR count). The molecule has 0 saturated carbocycles. The maximum absolute atomic E-state index is 12.9. The lowest BCUT2D eigenvalue weighted by atomic mass is 9.96. The van der Waals surface area contributed by atoms with Gasteiger partial charge in [0, 0.05) is 39.0 Å². The number of nitrogens with zero attached hydrogens (tertiary/aromatic N) is 3. The van der Waals surface area contributed by atoms with E-state index in [1.54, 1.807) is 14.1 Å². The number of rotatable bonds is 3. The molecule has 0 saturated heterocycles. The third-order valence-electron chi connectivity index (χ3n) is 5.47. The maximum Gasteiger partial charge on any atom is 0.275 e. The van der Waals surface area contributed by atoms with Gasteiger partial charge in [-0.1, -0.05) is 29.4 Å². The van der Waals surface area contributed by atoms with Gasteiger partial charge in [0.1, 0.15) is 5.76 Å². The Morgan fingerprint density at radius 3 is 2.88 bits per heavy atom. The first-order valence-electron chi connectivity index (χ1n) is 9.09. The van der Waals surface area contributed by atoms with Gasteiger partial charge in [-0.25, -0.2) is 0 Å². The summed E-state index contributed by atoms with van der Waals surface area (Å²) in [5.74, 6) is 0.978. The molecule has 1 atom stereocenters. The van der Waals surface area contributed by atoms with E-state index in [-0.39, 0.29) is 11.8 Å². The normalized spacial score (nSPS) is 18.4. The molecule has 2 aromatic rings. The Hall–Kier alpha value is -2.63. The Balaban J connectivity index is 1.48. The molecule has 2 heterocycles. The predicted octanol–water partition coefficient (Wildman–Crippen LogP) is 2.38. The molecule has 2 amide bonds. The number of aromatic nitrogens is 1. The maximum atomic E-state index is 12.9. The van der Waals surface area contributed by atoms with Crippen LogP contribution < -0.4 is 0 Å². The van der Waals surface area contributed by atoms with E-state index in [0.29, 0.717) is 37.5 Å². The number of hydrogen-bond donors (Lipinski definition) is 0. The highest BCUT2D eigenvalue weighted by Gasteiger charge is 2.32. The number of fused-ring (bicyclic) bond motifs is 2. The van der Waals surface area contributed by atoms with Gasteiger partial charge in [-0.3, -0.25) is 9.59 Å². The number of carbonyl (C=O) groups excluding carboxylic acids is 2. The summed E-state index contributed by atoms with van der Waals surface area (Å²) in [5, 5.41) is 3.94. The monoisotopic (exact) mass is 353 g/mol. The lowest BCUT2D eigenvalue weighted by molar-refractivity contribution is -0.132. The zero-order valence-electron chi connectivity index (χ0n) is 15.2. The van der Waals surface area contributed by atoms with E-state index in [0.717, 1.165) is 24.2 Å². The van der Waals surface area contributed by atoms with Gasteiger partial charge in [-0.15, -0.1) is 0 Å². The fourth-order valence-electron chi connectivity index (χ4n) is 4.00. The van der Waals surface area contributed by atoms with E-state index >= 15 is 0 Å². The SMILES string of the molecule is CN(C)C(=O)c1noc2c1CN(C(=O)CC1CCc3ccccc31)CC2. The molecule has 6 heteroatoms. The Morgan fingerprint density at radius 2 is 2.08 bits per heavy atom. The molecule has 1 aliphatic carbocycles. The van der Waals surface area contributed by atoms with Crippen LogP contribution in [0.5, 0.6) is 0 Å². The minimum atomic E-state index is -0.186. The van der Waals surface area contributed by atoms with Gasteiger partial charge in [0.15, 0.2) is 5.69 Å². The topological polar surface area (TPSA) is 66.7 Å². The average Bonchev–Trinajstić information content (AvgIpc) is 3.25. The molecule has 1 aliphatic heterocycles. The largest absolute Gasteiger partial charge is 0.360 e. The van der Waals surface area contributed by atoms with E-state index in [1.165, 1.54) is 16.0 Å². The van der Waals surface area contributed by atoms with E-state index in [2.05, 4.69) is 23.4 Å². The Bertz CT molecular complexity index is 856. The zero-order chi connectivity index (χ0) is 18.3. The van der Waals surface area contributed by atoms with E-state index in [4.69, 9.17) is 4.52 Å². The fraction of sp³-hybridized carbons (Fsp3) is 0.450. The lowest BCUT2D eigenvalue weighted by Gasteiger charge is -2.27. The lowest BCUT2D eigenvalue weighted by Crippen LogP contribution is -2.37. The first-order valence-corrected chi connectivity index (χ1v) is 9.09. The minimum absolute atomic E-state index is 0.141. The van der Waals surface area contributed by atoms with Crippen molar-refractivity contribution in [2.24, 2.45) is 0 Å². The highest BCUT2D eigenvalue weighted by atomic mass is 16.5. The summed E-state index contributed by atoms with van der Waals surface area (Å²) in [6.45, 7) is 1.02. The highest BCUT2D eigenvalue weighted by molar-refractivity contribution is 5.93. The molecule has 1 aromatic heterocycles. The molecule has 2 aliphatic rings. The highest BCUT2D eigenvalue weighted by Crippen LogP contribution is 2.36. The molecular weight excluding hydrogens is 330 g/mol. The summed E-state index contributed by atoms with van der Waals surface area (Å²) in [4.78, 5) is 28.5. The number of hydrogen-bond acceptors (Lipinski definition) is 4.